The zero-order chi connectivity index (χ0) is 42.9. The number of esters is 2. The second-order valence-electron chi connectivity index (χ2n) is 12.8. The van der Waals surface area contributed by atoms with Gasteiger partial charge in [-0.05, 0) is 48.9 Å². The van der Waals surface area contributed by atoms with E-state index in [4.69, 9.17) is 28.3 Å². The molecule has 0 heterocycles. The summed E-state index contributed by atoms with van der Waals surface area (Å²) in [5, 5.41) is 31.6. The third-order valence-corrected chi connectivity index (χ3v) is 10.0. The number of hydrogen-bond acceptors (Lipinski definition) is 14. The average molecular weight is 919 g/mol. The molecule has 344 valence electrons. The van der Waals surface area contributed by atoms with E-state index < -0.39 is 91.3 Å². The van der Waals surface area contributed by atoms with E-state index in [1.165, 1.54) is 44.9 Å². The van der Waals surface area contributed by atoms with Gasteiger partial charge in [-0.1, -0.05) is 89.9 Å². The maximum atomic E-state index is 12.9. The normalized spacial score (nSPS) is 21.7. The molecule has 1 rings (SSSR count). The molecular formula is C35H69O19P3S. The molecule has 5 unspecified atom stereocenters. The van der Waals surface area contributed by atoms with Crippen molar-refractivity contribution < 1.29 is 101 Å². The van der Waals surface area contributed by atoms with Gasteiger partial charge in [0.1, 0.15) is 43.2 Å². The van der Waals surface area contributed by atoms with Crippen LogP contribution in [0.4, 0.5) is 0 Å². The van der Waals surface area contributed by atoms with Crippen LogP contribution in [0, 0.1) is 47.4 Å². The number of unbranched alkanes of at least 4 members (excludes halogenated alkanes) is 12. The Morgan fingerprint density at radius 3 is 1.57 bits per heavy atom. The predicted octanol–water partition coefficient (Wildman–Crippen LogP) is 4.35. The molecule has 0 amide bonds. The first-order valence-corrected chi connectivity index (χ1v) is 22.8. The second-order valence-corrected chi connectivity index (χ2v) is 16.5. The van der Waals surface area contributed by atoms with Crippen molar-refractivity contribution in [1.29, 1.82) is 0 Å². The minimum Gasteiger partial charge on any atom is -0.456 e. The van der Waals surface area contributed by atoms with Crippen LogP contribution in [0.3, 0.4) is 0 Å². The highest BCUT2D eigenvalue weighted by atomic mass is 32.1. The molecule has 0 bridgehead atoms. The summed E-state index contributed by atoms with van der Waals surface area (Å²) in [6, 6.07) is 0. The van der Waals surface area contributed by atoms with Gasteiger partial charge in [0, 0.05) is 22.3 Å². The van der Waals surface area contributed by atoms with E-state index in [0.717, 1.165) is 32.1 Å². The molecule has 1 saturated carbocycles. The van der Waals surface area contributed by atoms with E-state index >= 15 is 0 Å². The standard InChI is InChI=1S/C35H53O19P3.H2S.7H2/c1-3-5-7-9-11-12-13-14-15-16-18-20-22-24-29(37)51-27(25-49-28(36)23-21-19-17-10-8-6-4-2)26-50-57(47,48)54-33-30(38)31(39)34(52-55(41,42)43)35(32(33)40)53-56(44,45)46;;;;;;;;/h27,30-35,38-40H,3,5,7,9,11-16,18,20,22,24-26H2,1-2H3,(H,47,48)(H2,41,42,43)(H2,44,45,46);1H2;7*1H/t27-,30?,31-,32?,33?,34?,35+;;;;;;;;/m1......../s1. The number of phosphoric acid groups is 3. The van der Waals surface area contributed by atoms with Crippen molar-refractivity contribution in [3.05, 3.63) is 0 Å². The Morgan fingerprint density at radius 1 is 0.621 bits per heavy atom. The minimum absolute atomic E-state index is 0. The Kier molecular flexibility index (Phi) is 28.7. The van der Waals surface area contributed by atoms with Gasteiger partial charge in [0.15, 0.2) is 6.10 Å². The van der Waals surface area contributed by atoms with Crippen LogP contribution >= 0.6 is 37.0 Å². The van der Waals surface area contributed by atoms with Gasteiger partial charge >= 0.3 is 35.4 Å². The number of phosphoric ester groups is 3. The lowest BCUT2D eigenvalue weighted by atomic mass is 9.85. The smallest absolute Gasteiger partial charge is 0.456 e. The third-order valence-electron chi connectivity index (χ3n) is 8.00. The summed E-state index contributed by atoms with van der Waals surface area (Å²) in [5.41, 5.74) is 0. The lowest BCUT2D eigenvalue weighted by Gasteiger charge is -2.44. The summed E-state index contributed by atoms with van der Waals surface area (Å²) in [5.74, 6) is 16.6. The zero-order valence-electron chi connectivity index (χ0n) is 32.3. The van der Waals surface area contributed by atoms with Gasteiger partial charge in [0.25, 0.3) is 0 Å². The number of rotatable bonds is 26. The Bertz CT molecular complexity index is 1690. The maximum absolute atomic E-state index is 12.9. The van der Waals surface area contributed by atoms with Gasteiger partial charge < -0.3 is 49.3 Å². The van der Waals surface area contributed by atoms with Gasteiger partial charge in [-0.3, -0.25) is 22.9 Å². The van der Waals surface area contributed by atoms with E-state index in [2.05, 4.69) is 57.4 Å². The van der Waals surface area contributed by atoms with Gasteiger partial charge in [-0.2, -0.15) is 13.5 Å². The average Bonchev–Trinajstić information content (AvgIpc) is 3.12. The van der Waals surface area contributed by atoms with Crippen LogP contribution in [0.2, 0.25) is 0 Å². The number of aliphatic hydroxyl groups is 3. The highest BCUT2D eigenvalue weighted by Crippen LogP contribution is 2.51. The van der Waals surface area contributed by atoms with Crippen molar-refractivity contribution in [2.75, 3.05) is 13.2 Å². The van der Waals surface area contributed by atoms with Crippen molar-refractivity contribution in [3.63, 3.8) is 0 Å². The summed E-state index contributed by atoms with van der Waals surface area (Å²) < 4.78 is 64.3. The summed E-state index contributed by atoms with van der Waals surface area (Å²) >= 11 is 0. The Labute approximate surface area is 356 Å². The van der Waals surface area contributed by atoms with Crippen LogP contribution < -0.4 is 0 Å². The first-order valence-electron chi connectivity index (χ1n) is 18.3. The van der Waals surface area contributed by atoms with E-state index in [1.54, 1.807) is 6.92 Å². The summed E-state index contributed by atoms with van der Waals surface area (Å²) in [7, 11) is -16.7. The van der Waals surface area contributed by atoms with Crippen molar-refractivity contribution in [1.82, 2.24) is 0 Å². The van der Waals surface area contributed by atoms with Gasteiger partial charge in [-0.25, -0.2) is 18.5 Å². The molecule has 0 saturated heterocycles. The first kappa shape index (κ1) is 55.7. The number of carbonyl (C=O) groups is 2. The highest BCUT2D eigenvalue weighted by Gasteiger charge is 2.56. The van der Waals surface area contributed by atoms with Crippen LogP contribution in [0.25, 0.3) is 0 Å². The molecule has 19 nitrogen and oxygen atoms in total. The molecular weight excluding hydrogens is 849 g/mol. The minimum atomic E-state index is -5.61. The molecule has 8 atom stereocenters. The Hall–Kier alpha value is -2.26. The molecule has 0 aliphatic heterocycles. The number of hydrogen-bond donors (Lipinski definition) is 8. The molecule has 0 aromatic heterocycles. The van der Waals surface area contributed by atoms with Gasteiger partial charge in [0.2, 0.25) is 0 Å². The zero-order valence-corrected chi connectivity index (χ0v) is 35.9. The van der Waals surface area contributed by atoms with Crippen LogP contribution in [0.15, 0.2) is 0 Å². The van der Waals surface area contributed by atoms with Crippen LogP contribution in [-0.2, 0) is 50.9 Å². The largest absolute Gasteiger partial charge is 0.472 e. The molecule has 0 spiro atoms. The van der Waals surface area contributed by atoms with Crippen molar-refractivity contribution in [3.8, 4) is 47.4 Å². The quantitative estimate of drug-likeness (QED) is 0.0197. The van der Waals surface area contributed by atoms with Crippen LogP contribution in [-0.4, -0.2) is 108 Å². The monoisotopic (exact) mass is 918 g/mol. The maximum Gasteiger partial charge on any atom is 0.472 e. The van der Waals surface area contributed by atoms with Crippen LogP contribution in [0.5, 0.6) is 0 Å². The van der Waals surface area contributed by atoms with E-state index in [1.807, 2.05) is 5.92 Å². The molecule has 0 radical (unpaired) electrons. The van der Waals surface area contributed by atoms with Crippen molar-refractivity contribution >= 4 is 48.9 Å². The third kappa shape index (κ3) is 26.1. The Balaban J connectivity index is -0.000000677. The van der Waals surface area contributed by atoms with Crippen molar-refractivity contribution in [2.24, 2.45) is 0 Å². The van der Waals surface area contributed by atoms with E-state index in [9.17, 15) is 53.3 Å². The SMILES string of the molecule is CC#CC#CC#CC#CC(=O)OC[C@H](COP(=O)(O)OC1C(O)[C@@H](O)C(OP(=O)(O)O)[C@@H](OP(=O)(O)O)C1O)OC(=O)CCCCCCCCCCCCCCC.S.[HH].[HH].[HH].[HH].[HH].[HH].[HH]. The molecule has 0 aromatic rings. The fraction of sp³-hybridized carbons (Fsp3) is 0.714. The molecule has 1 fully saturated rings. The van der Waals surface area contributed by atoms with Gasteiger partial charge in [-0.15, -0.1) is 0 Å². The van der Waals surface area contributed by atoms with Gasteiger partial charge in [0.05, 0.1) is 6.61 Å². The molecule has 1 aliphatic carbocycles. The lowest BCUT2D eigenvalue weighted by molar-refractivity contribution is -0.213. The molecule has 23 heteroatoms. The topological polar surface area (TPSA) is 303 Å². The van der Waals surface area contributed by atoms with Crippen molar-refractivity contribution in [2.45, 2.75) is 146 Å². The summed E-state index contributed by atoms with van der Waals surface area (Å²) in [6.07, 6.45) is -2.80. The van der Waals surface area contributed by atoms with Crippen LogP contribution in [0.1, 0.15) is 114 Å². The first-order chi connectivity index (χ1) is 26.8. The van der Waals surface area contributed by atoms with E-state index in [-0.39, 0.29) is 29.9 Å². The summed E-state index contributed by atoms with van der Waals surface area (Å²) in [6.45, 7) is 1.99. The summed E-state index contributed by atoms with van der Waals surface area (Å²) in [4.78, 5) is 72.1. The highest BCUT2D eigenvalue weighted by molar-refractivity contribution is 7.59. The fourth-order valence-electron chi connectivity index (χ4n) is 5.34. The van der Waals surface area contributed by atoms with E-state index in [0.29, 0.717) is 6.42 Å². The predicted molar refractivity (Wildman–Crippen MR) is 226 cm³/mol. The molecule has 8 N–H and O–H groups in total. The molecule has 0 aromatic carbocycles. The number of ether oxygens (including phenoxy) is 2. The number of aliphatic hydroxyl groups excluding tert-OH is 3. The Morgan fingerprint density at radius 2 is 1.07 bits per heavy atom. The fourth-order valence-corrected chi connectivity index (χ4v) is 7.43. The molecule has 58 heavy (non-hydrogen) atoms. The number of carbonyl (C=O) groups excluding carboxylic acids is 2. The molecule has 1 aliphatic rings. The lowest BCUT2D eigenvalue weighted by Crippen LogP contribution is -2.65. The second kappa shape index (κ2) is 29.9.